The Balaban J connectivity index is -0.000000500. The zero-order chi connectivity index (χ0) is 8.85. The SMILES string of the molecule is CCCCC(C(=O)O)C(=O)O.[LiH].[NaH]. The first-order chi connectivity index (χ1) is 5.09. The molecule has 0 saturated carbocycles. The molecule has 0 spiro atoms. The molecule has 0 rings (SSSR count). The van der Waals surface area contributed by atoms with Crippen LogP contribution in [-0.2, 0) is 9.59 Å². The third kappa shape index (κ3) is 8.86. The van der Waals surface area contributed by atoms with Crippen molar-refractivity contribution in [3.05, 3.63) is 0 Å². The molecule has 0 saturated heterocycles. The first kappa shape index (κ1) is 19.2. The van der Waals surface area contributed by atoms with Crippen molar-refractivity contribution in [1.82, 2.24) is 0 Å². The zero-order valence-electron chi connectivity index (χ0n) is 6.41. The number of hydrogen-bond donors (Lipinski definition) is 2. The molecule has 13 heavy (non-hydrogen) atoms. The van der Waals surface area contributed by atoms with E-state index in [0.29, 0.717) is 6.42 Å². The van der Waals surface area contributed by atoms with E-state index in [1.807, 2.05) is 6.92 Å². The Morgan fingerprint density at radius 2 is 1.62 bits per heavy atom. The van der Waals surface area contributed by atoms with Gasteiger partial charge < -0.3 is 10.2 Å². The molecule has 0 radical (unpaired) electrons. The maximum atomic E-state index is 10.3. The average molecular weight is 192 g/mol. The van der Waals surface area contributed by atoms with Crippen molar-refractivity contribution in [2.24, 2.45) is 5.92 Å². The van der Waals surface area contributed by atoms with Crippen LogP contribution in [0.4, 0.5) is 0 Å². The molecule has 0 aromatic carbocycles. The first-order valence-electron chi connectivity index (χ1n) is 3.55. The minimum atomic E-state index is -1.24. The minimum absolute atomic E-state index is 0. The Hall–Kier alpha value is 0.537. The normalized spacial score (nSPS) is 8.46. The van der Waals surface area contributed by atoms with Gasteiger partial charge in [0.15, 0.2) is 5.92 Å². The Bertz CT molecular complexity index is 149. The second kappa shape index (κ2) is 10.6. The van der Waals surface area contributed by atoms with E-state index in [1.165, 1.54) is 0 Å². The van der Waals surface area contributed by atoms with Gasteiger partial charge in [-0.3, -0.25) is 9.59 Å². The van der Waals surface area contributed by atoms with Gasteiger partial charge in [0.2, 0.25) is 0 Å². The standard InChI is InChI=1S/C7H12O4.Li.Na.2H/c1-2-3-4-5(6(8)9)7(10)11;;;;/h5H,2-4H2,1H3,(H,8,9)(H,10,11);;;;. The van der Waals surface area contributed by atoms with E-state index in [9.17, 15) is 9.59 Å². The van der Waals surface area contributed by atoms with Gasteiger partial charge in [0.25, 0.3) is 0 Å². The van der Waals surface area contributed by atoms with Gasteiger partial charge in [-0.05, 0) is 6.42 Å². The Morgan fingerprint density at radius 3 is 1.85 bits per heavy atom. The molecular weight excluding hydrogens is 178 g/mol. The van der Waals surface area contributed by atoms with Crippen LogP contribution in [0, 0.1) is 5.92 Å². The fourth-order valence-electron chi connectivity index (χ4n) is 0.761. The molecule has 4 nitrogen and oxygen atoms in total. The summed E-state index contributed by atoms with van der Waals surface area (Å²) < 4.78 is 0. The third-order valence-corrected chi connectivity index (χ3v) is 1.44. The van der Waals surface area contributed by atoms with Crippen LogP contribution in [-0.4, -0.2) is 70.6 Å². The summed E-state index contributed by atoms with van der Waals surface area (Å²) in [6.45, 7) is 1.89. The van der Waals surface area contributed by atoms with Crippen LogP contribution < -0.4 is 0 Å². The van der Waals surface area contributed by atoms with Crippen molar-refractivity contribution in [3.63, 3.8) is 0 Å². The number of hydrogen-bond acceptors (Lipinski definition) is 2. The van der Waals surface area contributed by atoms with Gasteiger partial charge in [0.05, 0.1) is 0 Å². The number of unbranched alkanes of at least 4 members (excludes halogenated alkanes) is 1. The van der Waals surface area contributed by atoms with Crippen LogP contribution in [0.25, 0.3) is 0 Å². The van der Waals surface area contributed by atoms with Crippen LogP contribution in [0.1, 0.15) is 26.2 Å². The first-order valence-corrected chi connectivity index (χ1v) is 3.55. The summed E-state index contributed by atoms with van der Waals surface area (Å²) in [5.41, 5.74) is 0. The molecule has 0 bridgehead atoms. The number of carboxylic acid groups (broad SMARTS) is 2. The molecule has 0 unspecified atom stereocenters. The van der Waals surface area contributed by atoms with Crippen LogP contribution >= 0.6 is 0 Å². The van der Waals surface area contributed by atoms with E-state index < -0.39 is 17.9 Å². The predicted octanol–water partition coefficient (Wildman–Crippen LogP) is -0.335. The molecule has 0 amide bonds. The second-order valence-corrected chi connectivity index (χ2v) is 2.37. The molecule has 2 N–H and O–H groups in total. The molecular formula is C7H14LiNaO4. The van der Waals surface area contributed by atoms with Crippen LogP contribution in [0.15, 0.2) is 0 Å². The van der Waals surface area contributed by atoms with E-state index in [-0.39, 0.29) is 54.8 Å². The quantitative estimate of drug-likeness (QED) is 0.461. The molecule has 0 aliphatic carbocycles. The van der Waals surface area contributed by atoms with Gasteiger partial charge in [-0.25, -0.2) is 0 Å². The summed E-state index contributed by atoms with van der Waals surface area (Å²) in [6, 6.07) is 0. The number of carbonyl (C=O) groups is 2. The van der Waals surface area contributed by atoms with Crippen LogP contribution in [0.3, 0.4) is 0 Å². The summed E-state index contributed by atoms with van der Waals surface area (Å²) in [5.74, 6) is -3.72. The Morgan fingerprint density at radius 1 is 1.23 bits per heavy atom. The number of carboxylic acids is 2. The van der Waals surface area contributed by atoms with E-state index >= 15 is 0 Å². The van der Waals surface area contributed by atoms with E-state index in [4.69, 9.17) is 10.2 Å². The van der Waals surface area contributed by atoms with Gasteiger partial charge in [0.1, 0.15) is 0 Å². The monoisotopic (exact) mass is 192 g/mol. The average Bonchev–Trinajstić information content (AvgIpc) is 1.87. The Kier molecular flexibility index (Phi) is 15.7. The topological polar surface area (TPSA) is 74.6 Å². The third-order valence-electron chi connectivity index (χ3n) is 1.44. The molecule has 68 valence electrons. The predicted molar refractivity (Wildman–Crippen MR) is 52.6 cm³/mol. The molecule has 0 fully saturated rings. The summed E-state index contributed by atoms with van der Waals surface area (Å²) in [5, 5.41) is 16.8. The summed E-state index contributed by atoms with van der Waals surface area (Å²) in [6.07, 6.45) is 1.68. The fourth-order valence-corrected chi connectivity index (χ4v) is 0.761. The van der Waals surface area contributed by atoms with Gasteiger partial charge >= 0.3 is 60.4 Å². The van der Waals surface area contributed by atoms with Gasteiger partial charge in [0, 0.05) is 0 Å². The molecule has 0 aliphatic heterocycles. The van der Waals surface area contributed by atoms with Crippen molar-refractivity contribution in [2.45, 2.75) is 26.2 Å². The summed E-state index contributed by atoms with van der Waals surface area (Å²) in [4.78, 5) is 20.5. The molecule has 0 aromatic heterocycles. The van der Waals surface area contributed by atoms with E-state index in [1.54, 1.807) is 0 Å². The summed E-state index contributed by atoms with van der Waals surface area (Å²) >= 11 is 0. The second-order valence-electron chi connectivity index (χ2n) is 2.37. The van der Waals surface area contributed by atoms with Crippen molar-refractivity contribution in [1.29, 1.82) is 0 Å². The molecule has 0 aliphatic rings. The van der Waals surface area contributed by atoms with Crippen molar-refractivity contribution < 1.29 is 19.8 Å². The van der Waals surface area contributed by atoms with Crippen LogP contribution in [0.5, 0.6) is 0 Å². The summed E-state index contributed by atoms with van der Waals surface area (Å²) in [7, 11) is 0. The van der Waals surface area contributed by atoms with Gasteiger partial charge in [-0.2, -0.15) is 0 Å². The number of aliphatic carboxylic acids is 2. The molecule has 0 aromatic rings. The van der Waals surface area contributed by atoms with E-state index in [2.05, 4.69) is 0 Å². The van der Waals surface area contributed by atoms with Crippen molar-refractivity contribution in [3.8, 4) is 0 Å². The van der Waals surface area contributed by atoms with Crippen molar-refractivity contribution in [2.75, 3.05) is 0 Å². The molecule has 0 heterocycles. The van der Waals surface area contributed by atoms with Crippen molar-refractivity contribution >= 4 is 60.4 Å². The van der Waals surface area contributed by atoms with Gasteiger partial charge in [-0.15, -0.1) is 0 Å². The van der Waals surface area contributed by atoms with Gasteiger partial charge in [-0.1, -0.05) is 19.8 Å². The Labute approximate surface area is 112 Å². The number of rotatable bonds is 5. The molecule has 0 atom stereocenters. The fraction of sp³-hybridized carbons (Fsp3) is 0.714. The van der Waals surface area contributed by atoms with Crippen LogP contribution in [0.2, 0.25) is 0 Å². The van der Waals surface area contributed by atoms with E-state index in [0.717, 1.165) is 6.42 Å². The molecule has 6 heteroatoms. The zero-order valence-corrected chi connectivity index (χ0v) is 6.41. The maximum absolute atomic E-state index is 10.3.